The zero-order chi connectivity index (χ0) is 17.5. The number of methoxy groups -OCH3 is 1. The van der Waals surface area contributed by atoms with Gasteiger partial charge >= 0.3 is 5.97 Å². The molecule has 4 atom stereocenters. The summed E-state index contributed by atoms with van der Waals surface area (Å²) < 4.78 is 16.6. The predicted molar refractivity (Wildman–Crippen MR) is 98.2 cm³/mol. The summed E-state index contributed by atoms with van der Waals surface area (Å²) in [5.74, 6) is 2.91. The molecular formula is C20H25BrO4. The van der Waals surface area contributed by atoms with Crippen molar-refractivity contribution in [2.24, 2.45) is 17.3 Å². The quantitative estimate of drug-likeness (QED) is 0.398. The standard InChI is InChI=1S/C20H25BrO4/c1-23-16-2-4-17(5-3-16)24-6-7-25-18(22)19-9-14-8-15(10-19)12-20(21,11-14)13-19/h2-5,14-15H,6-13H2,1H3/t14-,15+,19?,20?. The largest absolute Gasteiger partial charge is 0.497 e. The molecular weight excluding hydrogens is 384 g/mol. The van der Waals surface area contributed by atoms with Crippen molar-refractivity contribution in [2.75, 3.05) is 20.3 Å². The summed E-state index contributed by atoms with van der Waals surface area (Å²) in [6, 6.07) is 7.42. The van der Waals surface area contributed by atoms with E-state index < -0.39 is 0 Å². The summed E-state index contributed by atoms with van der Waals surface area (Å²) in [6.45, 7) is 0.678. The van der Waals surface area contributed by atoms with Crippen LogP contribution in [0.3, 0.4) is 0 Å². The fourth-order valence-corrected chi connectivity index (χ4v) is 6.96. The highest BCUT2D eigenvalue weighted by molar-refractivity contribution is 9.10. The molecule has 4 nitrogen and oxygen atoms in total. The Morgan fingerprint density at radius 1 is 1.08 bits per heavy atom. The lowest BCUT2D eigenvalue weighted by molar-refractivity contribution is -0.170. The van der Waals surface area contributed by atoms with Crippen LogP contribution in [0.2, 0.25) is 0 Å². The Morgan fingerprint density at radius 2 is 1.72 bits per heavy atom. The van der Waals surface area contributed by atoms with Crippen LogP contribution < -0.4 is 9.47 Å². The van der Waals surface area contributed by atoms with Crippen LogP contribution in [0, 0.1) is 17.3 Å². The van der Waals surface area contributed by atoms with Gasteiger partial charge in [0.2, 0.25) is 0 Å². The Labute approximate surface area is 157 Å². The molecule has 0 aliphatic heterocycles. The number of benzene rings is 1. The Kier molecular flexibility index (Phi) is 4.47. The molecule has 4 fully saturated rings. The van der Waals surface area contributed by atoms with Gasteiger partial charge in [-0.2, -0.15) is 0 Å². The Balaban J connectivity index is 1.29. The van der Waals surface area contributed by atoms with Crippen molar-refractivity contribution in [3.8, 4) is 11.5 Å². The smallest absolute Gasteiger partial charge is 0.312 e. The number of halogens is 1. The highest BCUT2D eigenvalue weighted by atomic mass is 79.9. The van der Waals surface area contributed by atoms with Crippen LogP contribution in [0.25, 0.3) is 0 Å². The molecule has 2 unspecified atom stereocenters. The minimum Gasteiger partial charge on any atom is -0.497 e. The van der Waals surface area contributed by atoms with Crippen molar-refractivity contribution in [2.45, 2.75) is 42.8 Å². The monoisotopic (exact) mass is 408 g/mol. The molecule has 0 heterocycles. The van der Waals surface area contributed by atoms with Gasteiger partial charge in [0.1, 0.15) is 24.7 Å². The molecule has 1 aromatic carbocycles. The van der Waals surface area contributed by atoms with Gasteiger partial charge in [-0.15, -0.1) is 0 Å². The molecule has 0 radical (unpaired) electrons. The minimum atomic E-state index is -0.256. The summed E-state index contributed by atoms with van der Waals surface area (Å²) in [7, 11) is 1.64. The zero-order valence-electron chi connectivity index (χ0n) is 14.6. The molecule has 4 saturated carbocycles. The Morgan fingerprint density at radius 3 is 2.32 bits per heavy atom. The summed E-state index contributed by atoms with van der Waals surface area (Å²) >= 11 is 3.94. The summed E-state index contributed by atoms with van der Waals surface area (Å²) in [6.07, 6.45) is 6.69. The summed E-state index contributed by atoms with van der Waals surface area (Å²) in [5.41, 5.74) is -0.256. The molecule has 0 amide bonds. The van der Waals surface area contributed by atoms with Crippen molar-refractivity contribution in [3.63, 3.8) is 0 Å². The van der Waals surface area contributed by atoms with E-state index in [2.05, 4.69) is 15.9 Å². The first-order chi connectivity index (χ1) is 12.0. The second-order valence-electron chi connectivity index (χ2n) is 8.05. The average Bonchev–Trinajstić information content (AvgIpc) is 2.57. The molecule has 136 valence electrons. The van der Waals surface area contributed by atoms with E-state index in [-0.39, 0.29) is 15.7 Å². The van der Waals surface area contributed by atoms with Crippen LogP contribution in [0.1, 0.15) is 38.5 Å². The fraction of sp³-hybridized carbons (Fsp3) is 0.650. The molecule has 0 aromatic heterocycles. The molecule has 5 rings (SSSR count). The molecule has 4 aliphatic rings. The third kappa shape index (κ3) is 3.40. The minimum absolute atomic E-state index is 0.0104. The number of hydrogen-bond donors (Lipinski definition) is 0. The average molecular weight is 409 g/mol. The topological polar surface area (TPSA) is 44.8 Å². The van der Waals surface area contributed by atoms with Crippen molar-refractivity contribution in [1.29, 1.82) is 0 Å². The Bertz CT molecular complexity index is 628. The van der Waals surface area contributed by atoms with Crippen molar-refractivity contribution in [1.82, 2.24) is 0 Å². The van der Waals surface area contributed by atoms with Gasteiger partial charge in [0.15, 0.2) is 0 Å². The fourth-order valence-electron chi connectivity index (χ4n) is 5.51. The van der Waals surface area contributed by atoms with Crippen molar-refractivity contribution in [3.05, 3.63) is 24.3 Å². The number of esters is 1. The molecule has 4 aliphatic carbocycles. The van der Waals surface area contributed by atoms with Crippen LogP contribution in [0.15, 0.2) is 24.3 Å². The number of alkyl halides is 1. The van der Waals surface area contributed by atoms with Crippen LogP contribution in [0.4, 0.5) is 0 Å². The first-order valence-corrected chi connectivity index (χ1v) is 9.93. The van der Waals surface area contributed by atoms with Crippen molar-refractivity contribution < 1.29 is 19.0 Å². The molecule has 5 heteroatoms. The first kappa shape index (κ1) is 17.2. The predicted octanol–water partition coefficient (Wildman–Crippen LogP) is 4.35. The summed E-state index contributed by atoms with van der Waals surface area (Å²) in [5, 5.41) is 0. The van der Waals surface area contributed by atoms with Gasteiger partial charge in [0, 0.05) is 4.32 Å². The highest BCUT2D eigenvalue weighted by Crippen LogP contribution is 2.64. The van der Waals surface area contributed by atoms with Crippen LogP contribution in [0.5, 0.6) is 11.5 Å². The third-order valence-electron chi connectivity index (χ3n) is 6.07. The molecule has 25 heavy (non-hydrogen) atoms. The zero-order valence-corrected chi connectivity index (χ0v) is 16.2. The van der Waals surface area contributed by atoms with E-state index in [1.807, 2.05) is 24.3 Å². The molecule has 0 spiro atoms. The van der Waals surface area contributed by atoms with Gasteiger partial charge in [-0.25, -0.2) is 0 Å². The lowest BCUT2D eigenvalue weighted by Crippen LogP contribution is -2.56. The van der Waals surface area contributed by atoms with E-state index in [9.17, 15) is 4.79 Å². The van der Waals surface area contributed by atoms with Crippen molar-refractivity contribution >= 4 is 21.9 Å². The number of carbonyl (C=O) groups is 1. The van der Waals surface area contributed by atoms with E-state index >= 15 is 0 Å². The molecule has 1 aromatic rings. The van der Waals surface area contributed by atoms with Gasteiger partial charge in [-0.05, 0) is 74.6 Å². The first-order valence-electron chi connectivity index (χ1n) is 9.13. The number of rotatable bonds is 6. The lowest BCUT2D eigenvalue weighted by atomic mass is 9.49. The summed E-state index contributed by atoms with van der Waals surface area (Å²) in [4.78, 5) is 12.8. The van der Waals surface area contributed by atoms with Gasteiger partial charge in [-0.1, -0.05) is 15.9 Å². The SMILES string of the molecule is COc1ccc(OCCOC(=O)C23C[C@@H]4C[C@@H](CC(Br)(C4)C2)C3)cc1. The molecule has 4 bridgehead atoms. The second-order valence-corrected chi connectivity index (χ2v) is 9.73. The van der Waals surface area contributed by atoms with E-state index in [0.29, 0.717) is 25.0 Å². The van der Waals surface area contributed by atoms with E-state index in [1.54, 1.807) is 7.11 Å². The number of carbonyl (C=O) groups excluding carboxylic acids is 1. The van der Waals surface area contributed by atoms with Crippen LogP contribution >= 0.6 is 15.9 Å². The number of hydrogen-bond acceptors (Lipinski definition) is 4. The highest BCUT2D eigenvalue weighted by Gasteiger charge is 2.60. The second kappa shape index (κ2) is 6.49. The van der Waals surface area contributed by atoms with Gasteiger partial charge < -0.3 is 14.2 Å². The van der Waals surface area contributed by atoms with Crippen LogP contribution in [-0.4, -0.2) is 30.6 Å². The van der Waals surface area contributed by atoms with E-state index in [0.717, 1.165) is 30.8 Å². The van der Waals surface area contributed by atoms with E-state index in [1.165, 1.54) is 19.3 Å². The maximum atomic E-state index is 12.8. The van der Waals surface area contributed by atoms with E-state index in [4.69, 9.17) is 14.2 Å². The van der Waals surface area contributed by atoms with Gasteiger partial charge in [0.25, 0.3) is 0 Å². The maximum Gasteiger partial charge on any atom is 0.312 e. The normalized spacial score (nSPS) is 35.4. The van der Waals surface area contributed by atoms with Crippen LogP contribution in [-0.2, 0) is 9.53 Å². The molecule has 0 N–H and O–H groups in total. The maximum absolute atomic E-state index is 12.8. The van der Waals surface area contributed by atoms with Gasteiger partial charge in [-0.3, -0.25) is 4.79 Å². The Hall–Kier alpha value is -1.23. The lowest BCUT2D eigenvalue weighted by Gasteiger charge is -2.58. The molecule has 0 saturated heterocycles. The third-order valence-corrected chi connectivity index (χ3v) is 7.00. The van der Waals surface area contributed by atoms with Gasteiger partial charge in [0.05, 0.1) is 12.5 Å². The number of ether oxygens (including phenoxy) is 3.